The Balaban J connectivity index is 1.50. The number of ether oxygens (including phenoxy) is 2. The van der Waals surface area contributed by atoms with Crippen molar-refractivity contribution >= 4 is 5.97 Å². The molecule has 0 spiro atoms. The van der Waals surface area contributed by atoms with Crippen molar-refractivity contribution in [2.75, 3.05) is 0 Å². The molecular weight excluding hydrogens is 340 g/mol. The summed E-state index contributed by atoms with van der Waals surface area (Å²) in [4.78, 5) is 12.3. The Hall–Kier alpha value is -0.610. The number of fused-ring (bicyclic) bond motifs is 1. The lowest BCUT2D eigenvalue weighted by Crippen LogP contribution is -2.41. The van der Waals surface area contributed by atoms with Crippen molar-refractivity contribution in [2.45, 2.75) is 116 Å². The summed E-state index contributed by atoms with van der Waals surface area (Å²) in [6.07, 6.45) is 11.2. The molecule has 1 N–H and O–H groups in total. The summed E-state index contributed by atoms with van der Waals surface area (Å²) in [6.45, 7) is 8.83. The van der Waals surface area contributed by atoms with E-state index < -0.39 is 5.60 Å². The largest absolute Gasteiger partial charge is 0.434 e. The molecule has 3 fully saturated rings. The van der Waals surface area contributed by atoms with Gasteiger partial charge in [-0.05, 0) is 75.0 Å². The van der Waals surface area contributed by atoms with E-state index in [2.05, 4.69) is 20.8 Å². The van der Waals surface area contributed by atoms with Crippen molar-refractivity contribution in [3.63, 3.8) is 0 Å². The normalized spacial score (nSPS) is 42.8. The highest BCUT2D eigenvalue weighted by Crippen LogP contribution is 2.58. The number of aliphatic hydroxyl groups excluding tert-OH is 1. The second-order valence-electron chi connectivity index (χ2n) is 9.95. The number of rotatable bonds is 8. The SMILES string of the molecule is CCCC[C@@H]1OC(=O)[C@@](C)(CCC[C@@H](C)C2CC[C@H]3C(O)CCCC23C)O1. The van der Waals surface area contributed by atoms with E-state index in [0.29, 0.717) is 23.2 Å². The van der Waals surface area contributed by atoms with Gasteiger partial charge in [0.15, 0.2) is 5.60 Å². The monoisotopic (exact) mass is 380 g/mol. The topological polar surface area (TPSA) is 55.8 Å². The van der Waals surface area contributed by atoms with Gasteiger partial charge in [-0.1, -0.05) is 40.0 Å². The molecule has 156 valence electrons. The van der Waals surface area contributed by atoms with Crippen LogP contribution in [0, 0.1) is 23.2 Å². The van der Waals surface area contributed by atoms with Crippen LogP contribution in [0.2, 0.25) is 0 Å². The van der Waals surface area contributed by atoms with Crippen molar-refractivity contribution in [3.05, 3.63) is 0 Å². The minimum absolute atomic E-state index is 0.0958. The molecule has 3 unspecified atom stereocenters. The van der Waals surface area contributed by atoms with Gasteiger partial charge in [0.2, 0.25) is 6.29 Å². The molecule has 0 bridgehead atoms. The standard InChI is InChI=1S/C23H40O4/c1-5-6-11-20-26-21(25)23(4,27-20)15-7-9-16(2)17-12-13-18-19(24)10-8-14-22(17,18)3/h16-20,24H,5-15H2,1-4H3/t16-,17?,18+,19?,20-,22?,23-/m1/s1. The summed E-state index contributed by atoms with van der Waals surface area (Å²) in [5, 5.41) is 10.4. The fraction of sp³-hybridized carbons (Fsp3) is 0.957. The molecule has 0 aromatic heterocycles. The van der Waals surface area contributed by atoms with E-state index in [-0.39, 0.29) is 18.4 Å². The van der Waals surface area contributed by atoms with Crippen LogP contribution in [0.25, 0.3) is 0 Å². The summed E-state index contributed by atoms with van der Waals surface area (Å²) in [5.74, 6) is 1.63. The third-order valence-electron chi connectivity index (χ3n) is 8.02. The minimum Gasteiger partial charge on any atom is -0.434 e. The number of carbonyl (C=O) groups is 1. The number of esters is 1. The first-order chi connectivity index (χ1) is 12.8. The van der Waals surface area contributed by atoms with Crippen molar-refractivity contribution in [1.29, 1.82) is 0 Å². The van der Waals surface area contributed by atoms with Crippen LogP contribution in [0.3, 0.4) is 0 Å². The molecule has 0 aromatic rings. The Bertz CT molecular complexity index is 521. The van der Waals surface area contributed by atoms with Gasteiger partial charge in [-0.2, -0.15) is 0 Å². The Morgan fingerprint density at radius 2 is 2.00 bits per heavy atom. The first-order valence-electron chi connectivity index (χ1n) is 11.4. The van der Waals surface area contributed by atoms with Gasteiger partial charge in [-0.25, -0.2) is 4.79 Å². The second-order valence-corrected chi connectivity index (χ2v) is 9.95. The van der Waals surface area contributed by atoms with Crippen LogP contribution in [-0.2, 0) is 14.3 Å². The number of cyclic esters (lactones) is 1. The summed E-state index contributed by atoms with van der Waals surface area (Å²) in [5.41, 5.74) is -0.462. The average Bonchev–Trinajstić information content (AvgIpc) is 3.11. The molecule has 1 saturated heterocycles. The molecule has 27 heavy (non-hydrogen) atoms. The Kier molecular flexibility index (Phi) is 6.57. The molecular formula is C23H40O4. The molecule has 4 nitrogen and oxygen atoms in total. The number of unbranched alkanes of at least 4 members (excludes halogenated alkanes) is 1. The number of carbonyl (C=O) groups excluding carboxylic acids is 1. The molecule has 3 aliphatic rings. The van der Waals surface area contributed by atoms with E-state index in [1.54, 1.807) is 0 Å². The maximum Gasteiger partial charge on any atom is 0.340 e. The van der Waals surface area contributed by atoms with Gasteiger partial charge in [-0.15, -0.1) is 0 Å². The Labute approximate surface area is 165 Å². The number of hydrogen-bond acceptors (Lipinski definition) is 4. The first kappa shape index (κ1) is 21.1. The van der Waals surface area contributed by atoms with E-state index >= 15 is 0 Å². The molecule has 0 amide bonds. The first-order valence-corrected chi connectivity index (χ1v) is 11.4. The predicted molar refractivity (Wildman–Crippen MR) is 106 cm³/mol. The van der Waals surface area contributed by atoms with E-state index in [9.17, 15) is 9.90 Å². The minimum atomic E-state index is -0.763. The number of hydrogen-bond donors (Lipinski definition) is 1. The van der Waals surface area contributed by atoms with E-state index in [1.165, 1.54) is 19.3 Å². The van der Waals surface area contributed by atoms with Gasteiger partial charge in [0, 0.05) is 6.42 Å². The zero-order valence-corrected chi connectivity index (χ0v) is 17.8. The molecule has 7 atom stereocenters. The van der Waals surface area contributed by atoms with Gasteiger partial charge in [-0.3, -0.25) is 0 Å². The van der Waals surface area contributed by atoms with Crippen molar-refractivity contribution in [1.82, 2.24) is 0 Å². The van der Waals surface area contributed by atoms with Crippen molar-refractivity contribution < 1.29 is 19.4 Å². The summed E-state index contributed by atoms with van der Waals surface area (Å²) in [7, 11) is 0. The van der Waals surface area contributed by atoms with Gasteiger partial charge < -0.3 is 14.6 Å². The van der Waals surface area contributed by atoms with Crippen LogP contribution >= 0.6 is 0 Å². The molecule has 0 aromatic carbocycles. The van der Waals surface area contributed by atoms with E-state index in [0.717, 1.165) is 51.4 Å². The van der Waals surface area contributed by atoms with Crippen molar-refractivity contribution in [2.24, 2.45) is 23.2 Å². The fourth-order valence-corrected chi connectivity index (χ4v) is 6.34. The van der Waals surface area contributed by atoms with Gasteiger partial charge in [0.25, 0.3) is 0 Å². The third-order valence-corrected chi connectivity index (χ3v) is 8.02. The van der Waals surface area contributed by atoms with Crippen LogP contribution in [-0.4, -0.2) is 29.1 Å². The average molecular weight is 381 g/mol. The molecule has 2 aliphatic carbocycles. The second kappa shape index (κ2) is 8.41. The molecule has 2 saturated carbocycles. The van der Waals surface area contributed by atoms with Crippen molar-refractivity contribution in [3.8, 4) is 0 Å². The van der Waals surface area contributed by atoms with Crippen LogP contribution in [0.15, 0.2) is 0 Å². The Morgan fingerprint density at radius 3 is 2.74 bits per heavy atom. The van der Waals surface area contributed by atoms with Crippen LogP contribution in [0.1, 0.15) is 98.3 Å². The lowest BCUT2D eigenvalue weighted by Gasteiger charge is -2.45. The lowest BCUT2D eigenvalue weighted by molar-refractivity contribution is -0.145. The summed E-state index contributed by atoms with van der Waals surface area (Å²) >= 11 is 0. The molecule has 1 aliphatic heterocycles. The Morgan fingerprint density at radius 1 is 1.22 bits per heavy atom. The van der Waals surface area contributed by atoms with Crippen LogP contribution in [0.5, 0.6) is 0 Å². The molecule has 1 heterocycles. The lowest BCUT2D eigenvalue weighted by atomic mass is 9.61. The number of aliphatic hydroxyl groups is 1. The molecule has 4 heteroatoms. The van der Waals surface area contributed by atoms with E-state index in [4.69, 9.17) is 9.47 Å². The highest BCUT2D eigenvalue weighted by Gasteiger charge is 2.52. The predicted octanol–water partition coefficient (Wildman–Crippen LogP) is 5.22. The maximum atomic E-state index is 12.3. The van der Waals surface area contributed by atoms with Gasteiger partial charge in [0.1, 0.15) is 0 Å². The fourth-order valence-electron chi connectivity index (χ4n) is 6.34. The summed E-state index contributed by atoms with van der Waals surface area (Å²) in [6, 6.07) is 0. The smallest absolute Gasteiger partial charge is 0.340 e. The third kappa shape index (κ3) is 4.22. The van der Waals surface area contributed by atoms with E-state index in [1.807, 2.05) is 6.92 Å². The van der Waals surface area contributed by atoms with Crippen LogP contribution in [0.4, 0.5) is 0 Å². The zero-order chi connectivity index (χ0) is 19.7. The van der Waals surface area contributed by atoms with Crippen LogP contribution < -0.4 is 0 Å². The zero-order valence-electron chi connectivity index (χ0n) is 17.8. The van der Waals surface area contributed by atoms with Gasteiger partial charge in [0.05, 0.1) is 6.10 Å². The quantitative estimate of drug-likeness (QED) is 0.587. The highest BCUT2D eigenvalue weighted by molar-refractivity contribution is 5.80. The van der Waals surface area contributed by atoms with Gasteiger partial charge >= 0.3 is 5.97 Å². The molecule has 3 rings (SSSR count). The molecule has 0 radical (unpaired) electrons. The summed E-state index contributed by atoms with van der Waals surface area (Å²) < 4.78 is 11.4. The maximum absolute atomic E-state index is 12.3. The highest BCUT2D eigenvalue weighted by atomic mass is 16.8.